The van der Waals surface area contributed by atoms with Crippen LogP contribution in [-0.2, 0) is 138 Å². The summed E-state index contributed by atoms with van der Waals surface area (Å²) in [6, 6.07) is 98.0. The van der Waals surface area contributed by atoms with Crippen molar-refractivity contribution in [1.82, 2.24) is 89.2 Å². The topological polar surface area (TPSA) is 335 Å². The van der Waals surface area contributed by atoms with E-state index >= 15 is 0 Å². The Kier molecular flexibility index (Phi) is 41.1. The number of aromatic hydroxyl groups is 2. The van der Waals surface area contributed by atoms with Gasteiger partial charge < -0.3 is 19.7 Å². The molecule has 17 rings (SSSR count). The molecule has 12 aromatic heterocycles. The molecule has 145 heavy (non-hydrogen) atoms. The van der Waals surface area contributed by atoms with Crippen LogP contribution in [0.5, 0.6) is 23.0 Å². The van der Waals surface area contributed by atoms with E-state index < -0.39 is 4.92 Å². The van der Waals surface area contributed by atoms with Crippen LogP contribution >= 0.6 is 31.9 Å². The quantitative estimate of drug-likeness (QED) is 0.00895. The van der Waals surface area contributed by atoms with E-state index in [2.05, 4.69) is 131 Å². The predicted molar refractivity (Wildman–Crippen MR) is 563 cm³/mol. The number of nitro benzene ring substituents is 1. The number of phenols is 2. The molecule has 734 valence electrons. The van der Waals surface area contributed by atoms with Crippen LogP contribution < -0.4 is 9.47 Å². The van der Waals surface area contributed by atoms with Crippen LogP contribution in [0.15, 0.2) is 394 Å². The maximum Gasteiger partial charge on any atom is 0.308 e. The molecule has 0 radical (unpaired) electrons. The van der Waals surface area contributed by atoms with Gasteiger partial charge in [0.2, 0.25) is 0 Å². The molecule has 31 heteroatoms. The highest BCUT2D eigenvalue weighted by Crippen LogP contribution is 2.36. The first-order chi connectivity index (χ1) is 71.0. The normalized spacial score (nSPS) is 11.1. The summed E-state index contributed by atoms with van der Waals surface area (Å²) in [5, 5.41) is 44.7. The van der Waals surface area contributed by atoms with Crippen LogP contribution in [0, 0.1) is 10.1 Å². The highest BCUT2D eigenvalue weighted by Gasteiger charge is 2.25. The smallest absolute Gasteiger partial charge is 0.308 e. The number of nitrogens with zero attached hydrogens (tertiary/aromatic N) is 21. The number of pyridine rings is 12. The average Bonchev–Trinajstić information content (AvgIpc) is 0.817. The van der Waals surface area contributed by atoms with Crippen molar-refractivity contribution in [3.63, 3.8) is 0 Å². The summed E-state index contributed by atoms with van der Waals surface area (Å²) in [6.45, 7) is 12.9. The van der Waals surface area contributed by atoms with E-state index in [0.29, 0.717) is 168 Å². The van der Waals surface area contributed by atoms with Gasteiger partial charge in [0.05, 0.1) is 84.6 Å². The van der Waals surface area contributed by atoms with Gasteiger partial charge in [-0.05, 0) is 170 Å². The van der Waals surface area contributed by atoms with Crippen molar-refractivity contribution >= 4 is 60.9 Å². The SMILES string of the molecule is CC(=O)Oc1c(CBr)cccc1CBr.CC(=O)Oc1c(CN(Cc2ccccn2)Cc2ccccn2)cccc1CN(Cc1ccccn1)Cc1ccccn1.O=[N+]([O-])c1ccc(N=Nc2cc(CN(Cc3ccccn3)Cc3ccccn3)c(O)c(CN(Cc3ccccn3)Cc3ccccn3)c2)cc1.Oc1c(CN(Cc2ccccn2)Cc2ccccn2)cccc1CN(Cc1ccccn1)Cc1ccccn1. The van der Waals surface area contributed by atoms with Crippen LogP contribution in [0.4, 0.5) is 17.1 Å². The predicted octanol–water partition coefficient (Wildman–Crippen LogP) is 22.1. The van der Waals surface area contributed by atoms with Gasteiger partial charge in [-0.15, -0.1) is 0 Å². The first-order valence-corrected chi connectivity index (χ1v) is 49.4. The van der Waals surface area contributed by atoms with E-state index in [9.17, 15) is 29.9 Å². The minimum Gasteiger partial charge on any atom is -0.507 e. The molecule has 0 aliphatic rings. The Bertz CT molecular complexity index is 6230. The Balaban J connectivity index is 0.000000162. The average molecular weight is 2060 g/mol. The summed E-state index contributed by atoms with van der Waals surface area (Å²) in [5.41, 5.74) is 19.1. The number of non-ortho nitro benzene ring substituents is 1. The van der Waals surface area contributed by atoms with Gasteiger partial charge in [0.1, 0.15) is 23.0 Å². The summed E-state index contributed by atoms with van der Waals surface area (Å²) in [4.78, 5) is 102. The lowest BCUT2D eigenvalue weighted by Gasteiger charge is -2.26. The van der Waals surface area contributed by atoms with E-state index in [0.717, 1.165) is 102 Å². The highest BCUT2D eigenvalue weighted by atomic mass is 79.9. The first-order valence-electron chi connectivity index (χ1n) is 47.2. The van der Waals surface area contributed by atoms with E-state index in [-0.39, 0.29) is 23.4 Å². The summed E-state index contributed by atoms with van der Waals surface area (Å²) < 4.78 is 11.1. The van der Waals surface area contributed by atoms with Gasteiger partial charge in [0.25, 0.3) is 5.69 Å². The highest BCUT2D eigenvalue weighted by molar-refractivity contribution is 9.08. The molecule has 17 aromatic rings. The van der Waals surface area contributed by atoms with Crippen molar-refractivity contribution in [1.29, 1.82) is 0 Å². The van der Waals surface area contributed by atoms with Gasteiger partial charge in [-0.2, -0.15) is 10.2 Å². The molecule has 0 amide bonds. The van der Waals surface area contributed by atoms with Gasteiger partial charge in [0.15, 0.2) is 0 Å². The number of carbonyl (C=O) groups excluding carboxylic acids is 2. The Morgan fingerprint density at radius 2 is 0.455 bits per heavy atom. The zero-order chi connectivity index (χ0) is 101. The lowest BCUT2D eigenvalue weighted by Crippen LogP contribution is -2.26. The maximum atomic E-state index is 12.4. The zero-order valence-electron chi connectivity index (χ0n) is 80.5. The van der Waals surface area contributed by atoms with Crippen molar-refractivity contribution in [3.05, 3.63) is 507 Å². The molecular formula is C114H111Br2N21O8. The molecule has 0 aliphatic carbocycles. The van der Waals surface area contributed by atoms with Crippen molar-refractivity contribution in [3.8, 4) is 23.0 Å². The van der Waals surface area contributed by atoms with Crippen LogP contribution in [0.25, 0.3) is 0 Å². The number of hydrogen-bond donors (Lipinski definition) is 2. The second-order valence-corrected chi connectivity index (χ2v) is 35.1. The number of esters is 2. The van der Waals surface area contributed by atoms with Crippen molar-refractivity contribution in [2.75, 3.05) is 0 Å². The fraction of sp³-hybridized carbons (Fsp3) is 0.193. The maximum absolute atomic E-state index is 12.4. The first kappa shape index (κ1) is 105. The molecule has 0 fully saturated rings. The number of nitro groups is 1. The number of ether oxygens (including phenoxy) is 2. The molecule has 0 aliphatic heterocycles. The van der Waals surface area contributed by atoms with E-state index in [1.54, 1.807) is 61.7 Å². The number of hydrogen-bond acceptors (Lipinski definition) is 28. The Morgan fingerprint density at radius 3 is 0.662 bits per heavy atom. The largest absolute Gasteiger partial charge is 0.507 e. The molecule has 0 bridgehead atoms. The van der Waals surface area contributed by atoms with Crippen LogP contribution in [-0.4, -0.2) is 116 Å². The van der Waals surface area contributed by atoms with Crippen molar-refractivity contribution in [2.45, 2.75) is 142 Å². The van der Waals surface area contributed by atoms with Gasteiger partial charge in [-0.25, -0.2) is 0 Å². The number of alkyl halides is 2. The van der Waals surface area contributed by atoms with Gasteiger partial charge in [0, 0.05) is 273 Å². The fourth-order valence-electron chi connectivity index (χ4n) is 16.1. The summed E-state index contributed by atoms with van der Waals surface area (Å²) in [5.74, 6) is 1.07. The van der Waals surface area contributed by atoms with Crippen LogP contribution in [0.1, 0.15) is 127 Å². The number of carbonyl (C=O) groups is 2. The molecule has 0 saturated carbocycles. The zero-order valence-corrected chi connectivity index (χ0v) is 83.7. The van der Waals surface area contributed by atoms with Crippen molar-refractivity contribution in [2.24, 2.45) is 10.2 Å². The Hall–Kier alpha value is -15.8. The number of phenolic OH excluding ortho intramolecular Hbond substituents is 2. The second kappa shape index (κ2) is 56.7. The molecule has 0 saturated heterocycles. The van der Waals surface area contributed by atoms with Crippen LogP contribution in [0.3, 0.4) is 0 Å². The number of para-hydroxylation sites is 3. The summed E-state index contributed by atoms with van der Waals surface area (Å²) in [6.07, 6.45) is 21.5. The summed E-state index contributed by atoms with van der Waals surface area (Å²) >= 11 is 6.71. The fourth-order valence-corrected chi connectivity index (χ4v) is 17.0. The third kappa shape index (κ3) is 35.1. The lowest BCUT2D eigenvalue weighted by molar-refractivity contribution is -0.384. The molecule has 12 heterocycles. The standard InChI is InChI=1S/C38H35N9O3.C34H34N6O2.C32H32N6O.C10H10Br2O2/c48-38-29(23-45(25-32-9-1-5-17-39-32)26-33-10-2-6-18-40-33)21-36(44-43-31-13-15-37(16-14-31)47(49)50)22-30(38)24-46(27-34-11-3-7-19-41-34)28-35-12-4-8-20-42-35;1-27(41)42-34-28(21-39(23-30-13-2-6-17-35-30)24-31-14-3-7-18-36-31)11-10-12-29(34)22-40(25-32-15-4-8-19-37-32)26-33-16-5-9-20-38-33;39-32-26(20-37(22-28-12-1-5-16-33-28)23-29-13-2-6-17-34-29)10-9-11-27(32)21-38(24-30-14-3-7-18-35-30)25-31-15-4-8-19-36-31;1-7(13)14-10-8(5-11)3-2-4-9(10)6-12/h1-22,48H,23-28H2;2-20H,21-26H2,1H3;1-19,39H,20-25H2;2-4H,5-6H2,1H3. The van der Waals surface area contributed by atoms with Gasteiger partial charge >= 0.3 is 11.9 Å². The number of azo groups is 1. The van der Waals surface area contributed by atoms with E-state index in [1.807, 2.05) is 310 Å². The molecule has 0 unspecified atom stereocenters. The Labute approximate surface area is 860 Å². The van der Waals surface area contributed by atoms with Gasteiger partial charge in [-0.3, -0.25) is 109 Å². The third-order valence-corrected chi connectivity index (χ3v) is 23.8. The molecule has 5 aromatic carbocycles. The second-order valence-electron chi connectivity index (χ2n) is 34.0. The van der Waals surface area contributed by atoms with Crippen LogP contribution in [0.2, 0.25) is 0 Å². The van der Waals surface area contributed by atoms with E-state index in [4.69, 9.17) is 9.47 Å². The monoisotopic (exact) mass is 2060 g/mol. The van der Waals surface area contributed by atoms with Gasteiger partial charge in [-0.1, -0.05) is 159 Å². The number of aromatic nitrogens is 12. The lowest BCUT2D eigenvalue weighted by atomic mass is 10.0. The number of benzene rings is 5. The minimum absolute atomic E-state index is 0.0278. The molecule has 29 nitrogen and oxygen atoms in total. The van der Waals surface area contributed by atoms with Crippen molar-refractivity contribution < 1.29 is 34.2 Å². The number of rotatable bonds is 43. The number of halogens is 2. The molecule has 2 N–H and O–H groups in total. The molecule has 0 spiro atoms. The molecular weight excluding hydrogens is 1950 g/mol. The minimum atomic E-state index is -0.456. The summed E-state index contributed by atoms with van der Waals surface area (Å²) in [7, 11) is 0. The molecule has 0 atom stereocenters. The Morgan fingerprint density at radius 1 is 0.262 bits per heavy atom. The van der Waals surface area contributed by atoms with E-state index in [1.165, 1.54) is 26.0 Å². The third-order valence-electron chi connectivity index (χ3n) is 22.6.